The highest BCUT2D eigenvalue weighted by molar-refractivity contribution is 7.89. The van der Waals surface area contributed by atoms with Crippen molar-refractivity contribution >= 4 is 10.0 Å². The summed E-state index contributed by atoms with van der Waals surface area (Å²) < 4.78 is 25.3. The Kier molecular flexibility index (Phi) is 7.13. The van der Waals surface area contributed by atoms with Crippen molar-refractivity contribution in [3.63, 3.8) is 0 Å². The summed E-state index contributed by atoms with van der Waals surface area (Å²) in [5.41, 5.74) is 5.92. The molecule has 0 radical (unpaired) electrons. The highest BCUT2D eigenvalue weighted by atomic mass is 32.2. The molecule has 0 aliphatic rings. The van der Waals surface area contributed by atoms with E-state index < -0.39 is 10.0 Å². The minimum absolute atomic E-state index is 0.0772. The molecule has 0 fully saturated rings. The summed E-state index contributed by atoms with van der Waals surface area (Å²) in [6.07, 6.45) is 2.62. The lowest BCUT2D eigenvalue weighted by atomic mass is 9.95. The summed E-state index contributed by atoms with van der Waals surface area (Å²) in [7, 11) is -3.11. The van der Waals surface area contributed by atoms with Gasteiger partial charge in [-0.05, 0) is 12.3 Å². The van der Waals surface area contributed by atoms with Crippen LogP contribution in [0.4, 0.5) is 0 Å². The average Bonchev–Trinajstić information content (AvgIpc) is 2.17. The molecule has 0 aliphatic carbocycles. The third kappa shape index (κ3) is 6.12. The number of nitrogens with one attached hydrogen (secondary N) is 1. The minimum Gasteiger partial charge on any atom is -0.326 e. The van der Waals surface area contributed by atoms with Gasteiger partial charge in [0, 0.05) is 12.6 Å². The Hall–Kier alpha value is -0.130. The summed E-state index contributed by atoms with van der Waals surface area (Å²) in [6, 6.07) is -0.0772. The highest BCUT2D eigenvalue weighted by Gasteiger charge is 2.16. The van der Waals surface area contributed by atoms with Crippen LogP contribution in [0, 0.1) is 5.92 Å². The molecule has 4 nitrogen and oxygen atoms in total. The first kappa shape index (κ1) is 14.9. The summed E-state index contributed by atoms with van der Waals surface area (Å²) in [5.74, 6) is 0.581. The van der Waals surface area contributed by atoms with E-state index in [1.807, 2.05) is 6.92 Å². The van der Waals surface area contributed by atoms with Gasteiger partial charge in [-0.3, -0.25) is 0 Å². The molecule has 1 atom stereocenters. The Balaban J connectivity index is 4.04. The van der Waals surface area contributed by atoms with Gasteiger partial charge in [0.05, 0.1) is 5.75 Å². The maximum absolute atomic E-state index is 11.4. The van der Waals surface area contributed by atoms with Crippen molar-refractivity contribution in [2.24, 2.45) is 11.7 Å². The lowest BCUT2D eigenvalue weighted by Gasteiger charge is -2.21. The molecule has 5 heteroatoms. The average molecular weight is 236 g/mol. The first-order valence-electron chi connectivity index (χ1n) is 5.69. The van der Waals surface area contributed by atoms with Gasteiger partial charge >= 0.3 is 0 Å². The molecule has 0 rings (SSSR count). The standard InChI is InChI=1S/C10H24N2O2S/c1-4-7-15(13,14)12-8-10(11)9(5-2)6-3/h9-10,12H,4-8,11H2,1-3H3. The van der Waals surface area contributed by atoms with Gasteiger partial charge in [0.15, 0.2) is 0 Å². The van der Waals surface area contributed by atoms with Crippen molar-refractivity contribution in [3.8, 4) is 0 Å². The molecule has 0 aliphatic heterocycles. The third-order valence-corrected chi connectivity index (χ3v) is 4.22. The Morgan fingerprint density at radius 3 is 2.13 bits per heavy atom. The van der Waals surface area contributed by atoms with Crippen LogP contribution in [0.25, 0.3) is 0 Å². The maximum atomic E-state index is 11.4. The normalized spacial score (nSPS) is 14.5. The van der Waals surface area contributed by atoms with Gasteiger partial charge in [0.25, 0.3) is 0 Å². The largest absolute Gasteiger partial charge is 0.326 e. The number of hydrogen-bond acceptors (Lipinski definition) is 3. The van der Waals surface area contributed by atoms with Crippen molar-refractivity contribution in [2.45, 2.75) is 46.1 Å². The zero-order valence-corrected chi connectivity index (χ0v) is 10.8. The van der Waals surface area contributed by atoms with Gasteiger partial charge in [-0.1, -0.05) is 33.6 Å². The van der Waals surface area contributed by atoms with E-state index in [1.54, 1.807) is 0 Å². The van der Waals surface area contributed by atoms with Crippen LogP contribution in [0.2, 0.25) is 0 Å². The third-order valence-electron chi connectivity index (χ3n) is 2.67. The van der Waals surface area contributed by atoms with Crippen molar-refractivity contribution < 1.29 is 8.42 Å². The van der Waals surface area contributed by atoms with Crippen LogP contribution < -0.4 is 10.5 Å². The van der Waals surface area contributed by atoms with Crippen LogP contribution in [0.15, 0.2) is 0 Å². The van der Waals surface area contributed by atoms with Crippen LogP contribution in [0.1, 0.15) is 40.0 Å². The van der Waals surface area contributed by atoms with E-state index in [9.17, 15) is 8.42 Å². The number of hydrogen-bond donors (Lipinski definition) is 2. The van der Waals surface area contributed by atoms with E-state index in [0.29, 0.717) is 18.9 Å². The fourth-order valence-corrected chi connectivity index (χ4v) is 2.75. The predicted molar refractivity (Wildman–Crippen MR) is 64.1 cm³/mol. The second kappa shape index (κ2) is 7.19. The van der Waals surface area contributed by atoms with Crippen LogP contribution in [-0.2, 0) is 10.0 Å². The molecular weight excluding hydrogens is 212 g/mol. The SMILES string of the molecule is CCCS(=O)(=O)NCC(N)C(CC)CC. The Bertz CT molecular complexity index is 248. The number of rotatable bonds is 8. The monoisotopic (exact) mass is 236 g/mol. The lowest BCUT2D eigenvalue weighted by Crippen LogP contribution is -2.42. The first-order valence-corrected chi connectivity index (χ1v) is 7.34. The van der Waals surface area contributed by atoms with Gasteiger partial charge in [-0.15, -0.1) is 0 Å². The first-order chi connectivity index (χ1) is 6.96. The quantitative estimate of drug-likeness (QED) is 0.662. The predicted octanol–water partition coefficient (Wildman–Crippen LogP) is 1.08. The van der Waals surface area contributed by atoms with Crippen LogP contribution >= 0.6 is 0 Å². The van der Waals surface area contributed by atoms with Gasteiger partial charge in [-0.25, -0.2) is 13.1 Å². The lowest BCUT2D eigenvalue weighted by molar-refractivity contribution is 0.392. The molecule has 0 aromatic rings. The molecule has 0 bridgehead atoms. The summed E-state index contributed by atoms with van der Waals surface area (Å²) in [5, 5.41) is 0. The van der Waals surface area contributed by atoms with E-state index in [1.165, 1.54) is 0 Å². The van der Waals surface area contributed by atoms with Crippen molar-refractivity contribution in [1.82, 2.24) is 4.72 Å². The van der Waals surface area contributed by atoms with Crippen molar-refractivity contribution in [2.75, 3.05) is 12.3 Å². The Labute approximate surface area is 93.7 Å². The minimum atomic E-state index is -3.11. The van der Waals surface area contributed by atoms with Gasteiger partial charge in [0.2, 0.25) is 10.0 Å². The molecule has 1 unspecified atom stereocenters. The van der Waals surface area contributed by atoms with Gasteiger partial charge in [-0.2, -0.15) is 0 Å². The molecule has 0 saturated carbocycles. The van der Waals surface area contributed by atoms with Crippen molar-refractivity contribution in [3.05, 3.63) is 0 Å². The van der Waals surface area contributed by atoms with Crippen LogP contribution in [0.5, 0.6) is 0 Å². The van der Waals surface area contributed by atoms with E-state index >= 15 is 0 Å². The van der Waals surface area contributed by atoms with E-state index in [-0.39, 0.29) is 11.8 Å². The Morgan fingerprint density at radius 2 is 1.73 bits per heavy atom. The molecule has 0 aromatic heterocycles. The zero-order valence-electron chi connectivity index (χ0n) is 9.99. The molecule has 0 aromatic carbocycles. The molecule has 3 N–H and O–H groups in total. The second-order valence-corrected chi connectivity index (χ2v) is 5.83. The fraction of sp³-hybridized carbons (Fsp3) is 1.00. The zero-order chi connectivity index (χ0) is 11.9. The summed E-state index contributed by atoms with van der Waals surface area (Å²) in [6.45, 7) is 6.36. The van der Waals surface area contributed by atoms with Crippen LogP contribution in [0.3, 0.4) is 0 Å². The molecule has 0 heterocycles. The number of sulfonamides is 1. The molecular formula is C10H24N2O2S. The second-order valence-electron chi connectivity index (χ2n) is 3.91. The van der Waals surface area contributed by atoms with E-state index in [0.717, 1.165) is 12.8 Å². The molecule has 15 heavy (non-hydrogen) atoms. The van der Waals surface area contributed by atoms with E-state index in [4.69, 9.17) is 5.73 Å². The molecule has 0 spiro atoms. The van der Waals surface area contributed by atoms with Crippen molar-refractivity contribution in [1.29, 1.82) is 0 Å². The number of nitrogens with two attached hydrogens (primary N) is 1. The fourth-order valence-electron chi connectivity index (χ4n) is 1.62. The molecule has 0 amide bonds. The van der Waals surface area contributed by atoms with E-state index in [2.05, 4.69) is 18.6 Å². The maximum Gasteiger partial charge on any atom is 0.211 e. The Morgan fingerprint density at radius 1 is 1.20 bits per heavy atom. The van der Waals surface area contributed by atoms with Gasteiger partial charge < -0.3 is 5.73 Å². The van der Waals surface area contributed by atoms with Gasteiger partial charge in [0.1, 0.15) is 0 Å². The smallest absolute Gasteiger partial charge is 0.211 e. The summed E-state index contributed by atoms with van der Waals surface area (Å²) in [4.78, 5) is 0. The highest BCUT2D eigenvalue weighted by Crippen LogP contribution is 2.10. The topological polar surface area (TPSA) is 72.2 Å². The van der Waals surface area contributed by atoms with Crippen LogP contribution in [-0.4, -0.2) is 26.8 Å². The summed E-state index contributed by atoms with van der Waals surface area (Å²) >= 11 is 0. The molecule has 0 saturated heterocycles. The molecule has 92 valence electrons.